The number of likely N-dealkylation sites (N-methyl/N-ethyl adjacent to an activating group) is 1. The van der Waals surface area contributed by atoms with E-state index in [1.165, 1.54) is 25.2 Å². The van der Waals surface area contributed by atoms with Crippen molar-refractivity contribution < 1.29 is 27.9 Å². The average Bonchev–Trinajstić information content (AvgIpc) is 3.57. The van der Waals surface area contributed by atoms with E-state index in [-0.39, 0.29) is 17.9 Å². The Morgan fingerprint density at radius 3 is 2.38 bits per heavy atom. The standard InChI is InChI=1S/C27H31ClF3N3O3/c1-32-23(35)21-9-8-20(16-22(21)28)34-14-11-25(12-15-34)17-19(25)10-13-33(2)24(36)26(37,27(29,30)31)18-6-4-3-5-7-18/h3-9,16,19,37H,10-15,17H2,1-2H3,(H,32,35)/t19-,26?/m0/s1. The van der Waals surface area contributed by atoms with Crippen molar-refractivity contribution in [2.45, 2.75) is 37.5 Å². The number of aliphatic hydroxyl groups is 1. The quantitative estimate of drug-likeness (QED) is 0.541. The lowest BCUT2D eigenvalue weighted by molar-refractivity contribution is -0.261. The second-order valence-corrected chi connectivity index (χ2v) is 10.5. The van der Waals surface area contributed by atoms with Crippen LogP contribution in [0.15, 0.2) is 48.5 Å². The van der Waals surface area contributed by atoms with E-state index in [9.17, 15) is 27.9 Å². The van der Waals surface area contributed by atoms with E-state index < -0.39 is 23.2 Å². The van der Waals surface area contributed by atoms with E-state index in [2.05, 4.69) is 10.2 Å². The Morgan fingerprint density at radius 2 is 1.81 bits per heavy atom. The minimum atomic E-state index is -5.14. The molecule has 0 aromatic heterocycles. The highest BCUT2D eigenvalue weighted by atomic mass is 35.5. The van der Waals surface area contributed by atoms with Crippen LogP contribution in [0.1, 0.15) is 41.6 Å². The third-order valence-electron chi connectivity index (χ3n) is 7.98. The van der Waals surface area contributed by atoms with Crippen LogP contribution in [-0.2, 0) is 10.4 Å². The van der Waals surface area contributed by atoms with Crippen molar-refractivity contribution in [2.24, 2.45) is 11.3 Å². The number of nitrogens with zero attached hydrogens (tertiary/aromatic N) is 2. The molecule has 2 amide bonds. The lowest BCUT2D eigenvalue weighted by Gasteiger charge is -2.35. The van der Waals surface area contributed by atoms with Gasteiger partial charge in [-0.25, -0.2) is 0 Å². The molecule has 2 aliphatic rings. The number of piperidine rings is 1. The van der Waals surface area contributed by atoms with Crippen molar-refractivity contribution in [3.05, 3.63) is 64.7 Å². The van der Waals surface area contributed by atoms with E-state index in [4.69, 9.17) is 11.6 Å². The fraction of sp³-hybridized carbons (Fsp3) is 0.481. The molecule has 2 fully saturated rings. The molecule has 4 rings (SSSR count). The highest BCUT2D eigenvalue weighted by Gasteiger charge is 2.62. The first-order valence-corrected chi connectivity index (χ1v) is 12.7. The fourth-order valence-corrected chi connectivity index (χ4v) is 5.76. The first kappa shape index (κ1) is 27.3. The molecule has 1 unspecified atom stereocenters. The van der Waals surface area contributed by atoms with Gasteiger partial charge in [0.15, 0.2) is 0 Å². The molecule has 1 saturated carbocycles. The van der Waals surface area contributed by atoms with Gasteiger partial charge in [0.25, 0.3) is 17.4 Å². The minimum Gasteiger partial charge on any atom is -0.371 e. The zero-order chi connectivity index (χ0) is 27.0. The molecule has 200 valence electrons. The summed E-state index contributed by atoms with van der Waals surface area (Å²) in [6.45, 7) is 1.75. The monoisotopic (exact) mass is 537 g/mol. The molecule has 37 heavy (non-hydrogen) atoms. The van der Waals surface area contributed by atoms with Crippen molar-refractivity contribution in [3.8, 4) is 0 Å². The fourth-order valence-electron chi connectivity index (χ4n) is 5.50. The largest absolute Gasteiger partial charge is 0.430 e. The van der Waals surface area contributed by atoms with E-state index in [1.54, 1.807) is 19.2 Å². The Hall–Kier alpha value is -2.78. The molecule has 2 aromatic carbocycles. The summed E-state index contributed by atoms with van der Waals surface area (Å²) in [6.07, 6.45) is -1.73. The van der Waals surface area contributed by atoms with Crippen LogP contribution in [0.4, 0.5) is 18.9 Å². The van der Waals surface area contributed by atoms with Gasteiger partial charge < -0.3 is 20.2 Å². The molecule has 1 aliphatic heterocycles. The summed E-state index contributed by atoms with van der Waals surface area (Å²) in [5.74, 6) is -1.29. The second kappa shape index (κ2) is 10.2. The van der Waals surface area contributed by atoms with Crippen LogP contribution in [0.2, 0.25) is 5.02 Å². The summed E-state index contributed by atoms with van der Waals surface area (Å²) >= 11 is 6.30. The Balaban J connectivity index is 1.33. The zero-order valence-electron chi connectivity index (χ0n) is 20.8. The Morgan fingerprint density at radius 1 is 1.16 bits per heavy atom. The zero-order valence-corrected chi connectivity index (χ0v) is 21.6. The van der Waals surface area contributed by atoms with Gasteiger partial charge in [-0.1, -0.05) is 41.9 Å². The second-order valence-electron chi connectivity index (χ2n) is 10.1. The maximum atomic E-state index is 13.8. The van der Waals surface area contributed by atoms with Crippen molar-refractivity contribution in [2.75, 3.05) is 38.6 Å². The van der Waals surface area contributed by atoms with E-state index in [0.717, 1.165) is 55.1 Å². The first-order chi connectivity index (χ1) is 17.4. The number of carbonyl (C=O) groups excluding carboxylic acids is 2. The number of alkyl halides is 3. The van der Waals surface area contributed by atoms with Gasteiger partial charge in [0.2, 0.25) is 0 Å². The van der Waals surface area contributed by atoms with Crippen LogP contribution in [0.3, 0.4) is 0 Å². The molecule has 1 spiro atoms. The number of hydrogen-bond donors (Lipinski definition) is 2. The van der Waals surface area contributed by atoms with Gasteiger partial charge in [-0.15, -0.1) is 0 Å². The van der Waals surface area contributed by atoms with Crippen molar-refractivity contribution in [1.29, 1.82) is 0 Å². The van der Waals surface area contributed by atoms with Crippen LogP contribution >= 0.6 is 11.6 Å². The third kappa shape index (κ3) is 5.16. The molecule has 2 aromatic rings. The number of nitrogens with one attached hydrogen (secondary N) is 1. The van der Waals surface area contributed by atoms with Gasteiger partial charge in [0, 0.05) is 45.0 Å². The summed E-state index contributed by atoms with van der Waals surface area (Å²) in [5, 5.41) is 13.5. The van der Waals surface area contributed by atoms with Crippen LogP contribution in [-0.4, -0.2) is 61.7 Å². The van der Waals surface area contributed by atoms with Gasteiger partial charge in [0.05, 0.1) is 10.6 Å². The average molecular weight is 538 g/mol. The number of halogens is 4. The summed E-state index contributed by atoms with van der Waals surface area (Å²) < 4.78 is 41.5. The highest BCUT2D eigenvalue weighted by molar-refractivity contribution is 6.34. The van der Waals surface area contributed by atoms with Crippen molar-refractivity contribution >= 4 is 29.1 Å². The molecule has 10 heteroatoms. The number of anilines is 1. The van der Waals surface area contributed by atoms with E-state index in [1.807, 2.05) is 6.07 Å². The normalized spacial score (nSPS) is 20.3. The molecule has 0 bridgehead atoms. The number of benzene rings is 2. The lowest BCUT2D eigenvalue weighted by Crippen LogP contribution is -2.55. The van der Waals surface area contributed by atoms with Gasteiger partial charge in [0.1, 0.15) is 0 Å². The number of rotatable bonds is 7. The third-order valence-corrected chi connectivity index (χ3v) is 8.29. The van der Waals surface area contributed by atoms with Gasteiger partial charge in [-0.3, -0.25) is 9.59 Å². The van der Waals surface area contributed by atoms with Gasteiger partial charge in [-0.05, 0) is 55.2 Å². The molecular weight excluding hydrogens is 507 g/mol. The Bertz CT molecular complexity index is 1150. The summed E-state index contributed by atoms with van der Waals surface area (Å²) in [4.78, 5) is 27.9. The number of hydrogen-bond acceptors (Lipinski definition) is 4. The van der Waals surface area contributed by atoms with Gasteiger partial charge >= 0.3 is 6.18 Å². The summed E-state index contributed by atoms with van der Waals surface area (Å²) in [6, 6.07) is 11.9. The highest BCUT2D eigenvalue weighted by Crippen LogP contribution is 2.61. The molecule has 2 atom stereocenters. The molecule has 1 aliphatic carbocycles. The predicted octanol–water partition coefficient (Wildman–Crippen LogP) is 4.60. The predicted molar refractivity (Wildman–Crippen MR) is 135 cm³/mol. The minimum absolute atomic E-state index is 0.131. The van der Waals surface area contributed by atoms with E-state index >= 15 is 0 Å². The molecule has 6 nitrogen and oxygen atoms in total. The maximum absolute atomic E-state index is 13.8. The maximum Gasteiger partial charge on any atom is 0.430 e. The van der Waals surface area contributed by atoms with Crippen LogP contribution < -0.4 is 10.2 Å². The van der Waals surface area contributed by atoms with Crippen molar-refractivity contribution in [1.82, 2.24) is 10.2 Å². The van der Waals surface area contributed by atoms with E-state index in [0.29, 0.717) is 22.9 Å². The molecule has 1 saturated heterocycles. The number of carbonyl (C=O) groups is 2. The SMILES string of the molecule is CNC(=O)c1ccc(N2CCC3(CC2)C[C@@H]3CCN(C)C(=O)C(O)(c2ccccc2)C(F)(F)F)cc1Cl. The molecule has 2 N–H and O–H groups in total. The van der Waals surface area contributed by atoms with Crippen molar-refractivity contribution in [3.63, 3.8) is 0 Å². The Kier molecular flexibility index (Phi) is 7.50. The molecule has 0 radical (unpaired) electrons. The summed E-state index contributed by atoms with van der Waals surface area (Å²) in [7, 11) is 2.86. The smallest absolute Gasteiger partial charge is 0.371 e. The van der Waals surface area contributed by atoms with Gasteiger partial charge in [-0.2, -0.15) is 13.2 Å². The lowest BCUT2D eigenvalue weighted by atomic mass is 9.89. The first-order valence-electron chi connectivity index (χ1n) is 12.3. The number of amides is 2. The summed E-state index contributed by atoms with van der Waals surface area (Å²) in [5.41, 5.74) is -2.57. The molecular formula is C27H31ClF3N3O3. The Labute approximate surface area is 219 Å². The van der Waals surface area contributed by atoms with Crippen LogP contribution in [0.25, 0.3) is 0 Å². The topological polar surface area (TPSA) is 72.9 Å². The molecule has 1 heterocycles. The van der Waals surface area contributed by atoms with Crippen LogP contribution in [0, 0.1) is 11.3 Å². The van der Waals surface area contributed by atoms with Crippen LogP contribution in [0.5, 0.6) is 0 Å².